The molecule has 1 aliphatic carbocycles. The molecule has 0 aromatic heterocycles. The summed E-state index contributed by atoms with van der Waals surface area (Å²) in [6, 6.07) is 9.36. The van der Waals surface area contributed by atoms with Crippen LogP contribution in [0.2, 0.25) is 0 Å². The number of aryl methyl sites for hydroxylation is 1. The monoisotopic (exact) mass is 427 g/mol. The Labute approximate surface area is 170 Å². The van der Waals surface area contributed by atoms with Crippen LogP contribution < -0.4 is 15.8 Å². The standard InChI is InChI=1S/C19H22FN3O3S.ClH/c1-12(23-27(25,26)18-8-3-2-6-16(18)20)19(24)22-17-7-4-5-13-11-14(21)9-10-15(13)17;/h2-3,6,8-12,17,23H,4-5,7,21H2,1H3,(H,22,24);1H. The number of fused-ring (bicyclic) bond motifs is 1. The van der Waals surface area contributed by atoms with Crippen LogP contribution in [0.4, 0.5) is 10.1 Å². The molecule has 9 heteroatoms. The van der Waals surface area contributed by atoms with E-state index in [9.17, 15) is 17.6 Å². The number of nitrogens with one attached hydrogen (secondary N) is 2. The number of hydrogen-bond donors (Lipinski definition) is 3. The van der Waals surface area contributed by atoms with Crippen LogP contribution in [0.15, 0.2) is 47.4 Å². The summed E-state index contributed by atoms with van der Waals surface area (Å²) >= 11 is 0. The Bertz CT molecular complexity index is 969. The molecule has 0 radical (unpaired) electrons. The number of anilines is 1. The summed E-state index contributed by atoms with van der Waals surface area (Å²) in [6.07, 6.45) is 2.55. The zero-order valence-electron chi connectivity index (χ0n) is 15.3. The maximum Gasteiger partial charge on any atom is 0.244 e. The molecule has 2 aromatic carbocycles. The van der Waals surface area contributed by atoms with E-state index in [1.165, 1.54) is 19.1 Å². The number of amides is 1. The molecule has 28 heavy (non-hydrogen) atoms. The molecule has 2 unspecified atom stereocenters. The molecule has 2 aromatic rings. The van der Waals surface area contributed by atoms with Crippen molar-refractivity contribution < 1.29 is 17.6 Å². The van der Waals surface area contributed by atoms with Crippen molar-refractivity contribution in [1.29, 1.82) is 0 Å². The second kappa shape index (κ2) is 8.89. The zero-order valence-corrected chi connectivity index (χ0v) is 16.9. The summed E-state index contributed by atoms with van der Waals surface area (Å²) in [4.78, 5) is 12.0. The fourth-order valence-corrected chi connectivity index (χ4v) is 4.58. The molecule has 0 saturated heterocycles. The summed E-state index contributed by atoms with van der Waals surface area (Å²) in [5, 5.41) is 2.88. The topological polar surface area (TPSA) is 101 Å². The molecule has 0 spiro atoms. The molecule has 0 heterocycles. The summed E-state index contributed by atoms with van der Waals surface area (Å²) in [6.45, 7) is 1.43. The molecule has 1 amide bonds. The lowest BCUT2D eigenvalue weighted by atomic mass is 9.87. The van der Waals surface area contributed by atoms with E-state index in [1.54, 1.807) is 6.07 Å². The van der Waals surface area contributed by atoms with Gasteiger partial charge in [0.05, 0.1) is 12.1 Å². The van der Waals surface area contributed by atoms with Gasteiger partial charge in [-0.1, -0.05) is 18.2 Å². The van der Waals surface area contributed by atoms with E-state index in [0.717, 1.165) is 42.5 Å². The molecule has 3 rings (SSSR count). The highest BCUT2D eigenvalue weighted by Gasteiger charge is 2.27. The molecular formula is C19H23ClFN3O3S. The SMILES string of the molecule is CC(NS(=O)(=O)c1ccccc1F)C(=O)NC1CCCc2cc(N)ccc21.Cl. The summed E-state index contributed by atoms with van der Waals surface area (Å²) < 4.78 is 40.7. The van der Waals surface area contributed by atoms with Gasteiger partial charge in [0.2, 0.25) is 15.9 Å². The first-order valence-electron chi connectivity index (χ1n) is 8.73. The highest BCUT2D eigenvalue weighted by Crippen LogP contribution is 2.31. The van der Waals surface area contributed by atoms with Crippen molar-refractivity contribution >= 4 is 34.0 Å². The summed E-state index contributed by atoms with van der Waals surface area (Å²) in [7, 11) is -4.14. The van der Waals surface area contributed by atoms with Crippen molar-refractivity contribution in [3.8, 4) is 0 Å². The number of benzene rings is 2. The van der Waals surface area contributed by atoms with E-state index in [1.807, 2.05) is 12.1 Å². The number of carbonyl (C=O) groups excluding carboxylic acids is 1. The predicted molar refractivity (Wildman–Crippen MR) is 108 cm³/mol. The normalized spacial score (nSPS) is 17.1. The van der Waals surface area contributed by atoms with Crippen LogP contribution >= 0.6 is 12.4 Å². The molecule has 4 N–H and O–H groups in total. The molecular weight excluding hydrogens is 405 g/mol. The number of sulfonamides is 1. The lowest BCUT2D eigenvalue weighted by molar-refractivity contribution is -0.123. The lowest BCUT2D eigenvalue weighted by Crippen LogP contribution is -2.46. The van der Waals surface area contributed by atoms with Crippen LogP contribution in [-0.2, 0) is 21.2 Å². The van der Waals surface area contributed by atoms with Gasteiger partial charge < -0.3 is 11.1 Å². The zero-order chi connectivity index (χ0) is 19.6. The number of halogens is 2. The maximum absolute atomic E-state index is 13.8. The number of hydrogen-bond acceptors (Lipinski definition) is 4. The van der Waals surface area contributed by atoms with Crippen molar-refractivity contribution in [2.75, 3.05) is 5.73 Å². The first kappa shape index (κ1) is 22.1. The van der Waals surface area contributed by atoms with Crippen molar-refractivity contribution in [2.45, 2.75) is 43.2 Å². The van der Waals surface area contributed by atoms with E-state index in [-0.39, 0.29) is 18.4 Å². The van der Waals surface area contributed by atoms with Crippen molar-refractivity contribution in [3.05, 3.63) is 59.4 Å². The fraction of sp³-hybridized carbons (Fsp3) is 0.316. The van der Waals surface area contributed by atoms with Crippen molar-refractivity contribution in [3.63, 3.8) is 0 Å². The molecule has 1 aliphatic rings. The second-order valence-electron chi connectivity index (χ2n) is 6.69. The van der Waals surface area contributed by atoms with E-state index >= 15 is 0 Å². The fourth-order valence-electron chi connectivity index (χ4n) is 3.29. The van der Waals surface area contributed by atoms with Gasteiger partial charge in [-0.25, -0.2) is 12.8 Å². The highest BCUT2D eigenvalue weighted by molar-refractivity contribution is 7.89. The van der Waals surface area contributed by atoms with E-state index in [2.05, 4.69) is 10.0 Å². The molecule has 6 nitrogen and oxygen atoms in total. The van der Waals surface area contributed by atoms with E-state index in [0.29, 0.717) is 5.69 Å². The third kappa shape index (κ3) is 4.81. The Morgan fingerprint density at radius 3 is 2.68 bits per heavy atom. The maximum atomic E-state index is 13.8. The third-order valence-electron chi connectivity index (χ3n) is 4.65. The second-order valence-corrected chi connectivity index (χ2v) is 8.37. The minimum absolute atomic E-state index is 0. The number of nitrogens with two attached hydrogens (primary N) is 1. The Balaban J connectivity index is 0.00000280. The minimum Gasteiger partial charge on any atom is -0.399 e. The largest absolute Gasteiger partial charge is 0.399 e. The van der Waals surface area contributed by atoms with Crippen LogP contribution in [0, 0.1) is 5.82 Å². The average molecular weight is 428 g/mol. The smallest absolute Gasteiger partial charge is 0.244 e. The third-order valence-corrected chi connectivity index (χ3v) is 6.22. The first-order valence-corrected chi connectivity index (χ1v) is 10.2. The Morgan fingerprint density at radius 2 is 1.96 bits per heavy atom. The Morgan fingerprint density at radius 1 is 1.25 bits per heavy atom. The highest BCUT2D eigenvalue weighted by atomic mass is 35.5. The van der Waals surface area contributed by atoms with Crippen LogP contribution in [0.3, 0.4) is 0 Å². The summed E-state index contributed by atoms with van der Waals surface area (Å²) in [5.74, 6) is -1.33. The summed E-state index contributed by atoms with van der Waals surface area (Å²) in [5.41, 5.74) is 8.57. The minimum atomic E-state index is -4.14. The van der Waals surface area contributed by atoms with Gasteiger partial charge in [-0.15, -0.1) is 12.4 Å². The van der Waals surface area contributed by atoms with Crippen LogP contribution in [0.1, 0.15) is 36.9 Å². The number of rotatable bonds is 5. The lowest BCUT2D eigenvalue weighted by Gasteiger charge is -2.28. The van der Waals surface area contributed by atoms with E-state index < -0.39 is 32.7 Å². The van der Waals surface area contributed by atoms with Gasteiger partial charge in [-0.2, -0.15) is 4.72 Å². The van der Waals surface area contributed by atoms with Crippen molar-refractivity contribution in [1.82, 2.24) is 10.0 Å². The van der Waals surface area contributed by atoms with Crippen LogP contribution in [0.25, 0.3) is 0 Å². The molecule has 0 aliphatic heterocycles. The number of nitrogen functional groups attached to an aromatic ring is 1. The first-order chi connectivity index (χ1) is 12.8. The molecule has 0 fully saturated rings. The van der Waals surface area contributed by atoms with Gasteiger partial charge in [-0.05, 0) is 61.6 Å². The van der Waals surface area contributed by atoms with Gasteiger partial charge in [0.1, 0.15) is 10.7 Å². The van der Waals surface area contributed by atoms with Crippen LogP contribution in [0.5, 0.6) is 0 Å². The van der Waals surface area contributed by atoms with E-state index in [4.69, 9.17) is 5.73 Å². The van der Waals surface area contributed by atoms with Gasteiger partial charge >= 0.3 is 0 Å². The predicted octanol–water partition coefficient (Wildman–Crippen LogP) is 2.69. The Hall–Kier alpha value is -2.16. The molecule has 152 valence electrons. The van der Waals surface area contributed by atoms with Gasteiger partial charge in [0.25, 0.3) is 0 Å². The van der Waals surface area contributed by atoms with Crippen molar-refractivity contribution in [2.24, 2.45) is 0 Å². The van der Waals surface area contributed by atoms with Crippen LogP contribution in [-0.4, -0.2) is 20.4 Å². The van der Waals surface area contributed by atoms with Gasteiger partial charge in [0, 0.05) is 5.69 Å². The number of carbonyl (C=O) groups is 1. The Kier molecular flexibility index (Phi) is 7.03. The van der Waals surface area contributed by atoms with Gasteiger partial charge in [0.15, 0.2) is 0 Å². The quantitative estimate of drug-likeness (QED) is 0.638. The molecule has 0 bridgehead atoms. The molecule has 2 atom stereocenters. The van der Waals surface area contributed by atoms with Gasteiger partial charge in [-0.3, -0.25) is 4.79 Å². The molecule has 0 saturated carbocycles. The average Bonchev–Trinajstić information content (AvgIpc) is 2.61.